The summed E-state index contributed by atoms with van der Waals surface area (Å²) < 4.78 is 39.9. The summed E-state index contributed by atoms with van der Waals surface area (Å²) in [5, 5.41) is 2.82. The molecule has 1 aromatic carbocycles. The monoisotopic (exact) mass is 451 g/mol. The summed E-state index contributed by atoms with van der Waals surface area (Å²) in [6.07, 6.45) is 3.18. The number of hydrogen-bond donors (Lipinski definition) is 1. The molecule has 1 N–H and O–H groups in total. The minimum absolute atomic E-state index is 0.0964. The average molecular weight is 452 g/mol. The summed E-state index contributed by atoms with van der Waals surface area (Å²) in [6.45, 7) is 9.43. The minimum atomic E-state index is -3.64. The quantitative estimate of drug-likeness (QED) is 0.529. The van der Waals surface area contributed by atoms with E-state index in [1.54, 1.807) is 39.1 Å². The van der Waals surface area contributed by atoms with Gasteiger partial charge in [-0.1, -0.05) is 27.7 Å². The number of aryl methyl sites for hydroxylation is 1. The molecule has 2 aromatic rings. The second kappa shape index (κ2) is 11.2. The molecular weight excluding hydrogens is 418 g/mol. The van der Waals surface area contributed by atoms with Crippen LogP contribution >= 0.6 is 0 Å². The van der Waals surface area contributed by atoms with Gasteiger partial charge in [0.2, 0.25) is 10.0 Å². The summed E-state index contributed by atoms with van der Waals surface area (Å²) in [7, 11) is -2.00. The van der Waals surface area contributed by atoms with Gasteiger partial charge < -0.3 is 19.4 Å². The molecular formula is C22H33N3O5S. The van der Waals surface area contributed by atoms with E-state index in [2.05, 4.69) is 5.32 Å². The van der Waals surface area contributed by atoms with E-state index in [1.165, 1.54) is 21.1 Å². The molecule has 9 heteroatoms. The Bertz CT molecular complexity index is 981. The second-order valence-corrected chi connectivity index (χ2v) is 9.01. The summed E-state index contributed by atoms with van der Waals surface area (Å²) in [6, 6.07) is 6.61. The Morgan fingerprint density at radius 3 is 2.19 bits per heavy atom. The van der Waals surface area contributed by atoms with Crippen molar-refractivity contribution in [2.24, 2.45) is 7.05 Å². The number of aromatic nitrogens is 1. The van der Waals surface area contributed by atoms with Gasteiger partial charge in [0.05, 0.1) is 13.2 Å². The summed E-state index contributed by atoms with van der Waals surface area (Å²) in [4.78, 5) is 13.0. The number of ether oxygens (including phenoxy) is 2. The third kappa shape index (κ3) is 6.01. The highest BCUT2D eigenvalue weighted by Gasteiger charge is 2.25. The number of carbonyl (C=O) groups is 1. The molecule has 0 aliphatic heterocycles. The molecule has 0 saturated carbocycles. The number of sulfonamides is 1. The molecule has 0 spiro atoms. The number of carbonyl (C=O) groups excluding carboxylic acids is 1. The molecule has 1 amide bonds. The van der Waals surface area contributed by atoms with Gasteiger partial charge in [0.1, 0.15) is 10.6 Å². The smallest absolute Gasteiger partial charge is 0.272 e. The van der Waals surface area contributed by atoms with Crippen molar-refractivity contribution in [3.05, 3.63) is 36.2 Å². The first kappa shape index (κ1) is 24.7. The number of rotatable bonds is 12. The first-order valence-electron chi connectivity index (χ1n) is 10.7. The Balaban J connectivity index is 2.26. The number of benzene rings is 1. The third-order valence-corrected chi connectivity index (χ3v) is 6.70. The van der Waals surface area contributed by atoms with Gasteiger partial charge in [-0.05, 0) is 31.0 Å². The predicted octanol–water partition coefficient (Wildman–Crippen LogP) is 3.89. The molecule has 172 valence electrons. The van der Waals surface area contributed by atoms with Crippen molar-refractivity contribution in [3.8, 4) is 11.5 Å². The lowest BCUT2D eigenvalue weighted by molar-refractivity contribution is 0.101. The Labute approximate surface area is 185 Å². The lowest BCUT2D eigenvalue weighted by atomic mass is 10.2. The van der Waals surface area contributed by atoms with E-state index in [9.17, 15) is 13.2 Å². The molecule has 0 atom stereocenters. The van der Waals surface area contributed by atoms with E-state index < -0.39 is 15.9 Å². The minimum Gasteiger partial charge on any atom is -0.490 e. The Hall–Kier alpha value is -2.52. The largest absolute Gasteiger partial charge is 0.490 e. The number of nitrogens with one attached hydrogen (secondary N) is 1. The highest BCUT2D eigenvalue weighted by atomic mass is 32.2. The Morgan fingerprint density at radius 2 is 1.61 bits per heavy atom. The first-order valence-corrected chi connectivity index (χ1v) is 12.1. The van der Waals surface area contributed by atoms with Crippen LogP contribution in [0.4, 0.5) is 5.69 Å². The average Bonchev–Trinajstić information content (AvgIpc) is 3.15. The van der Waals surface area contributed by atoms with Crippen molar-refractivity contribution in [3.63, 3.8) is 0 Å². The van der Waals surface area contributed by atoms with E-state index in [4.69, 9.17) is 9.47 Å². The van der Waals surface area contributed by atoms with Crippen LogP contribution in [-0.4, -0.2) is 49.5 Å². The van der Waals surface area contributed by atoms with Crippen molar-refractivity contribution in [1.82, 2.24) is 8.87 Å². The molecule has 8 nitrogen and oxygen atoms in total. The second-order valence-electron chi connectivity index (χ2n) is 7.07. The van der Waals surface area contributed by atoms with Crippen LogP contribution in [0.1, 0.15) is 51.0 Å². The number of amides is 1. The summed E-state index contributed by atoms with van der Waals surface area (Å²) in [5.41, 5.74) is 0.780. The highest BCUT2D eigenvalue weighted by Crippen LogP contribution is 2.31. The van der Waals surface area contributed by atoms with Crippen molar-refractivity contribution in [1.29, 1.82) is 0 Å². The van der Waals surface area contributed by atoms with Crippen LogP contribution < -0.4 is 14.8 Å². The maximum atomic E-state index is 12.9. The van der Waals surface area contributed by atoms with Gasteiger partial charge >= 0.3 is 0 Å². The van der Waals surface area contributed by atoms with Crippen LogP contribution in [0, 0.1) is 0 Å². The number of nitrogens with zero attached hydrogens (tertiary/aromatic N) is 2. The fourth-order valence-corrected chi connectivity index (χ4v) is 4.58. The number of anilines is 1. The van der Waals surface area contributed by atoms with Gasteiger partial charge in [-0.25, -0.2) is 8.42 Å². The molecule has 31 heavy (non-hydrogen) atoms. The molecule has 0 saturated heterocycles. The molecule has 0 aliphatic carbocycles. The zero-order valence-corrected chi connectivity index (χ0v) is 19.8. The molecule has 0 unspecified atom stereocenters. The van der Waals surface area contributed by atoms with Gasteiger partial charge in [-0.3, -0.25) is 4.79 Å². The highest BCUT2D eigenvalue weighted by molar-refractivity contribution is 7.89. The summed E-state index contributed by atoms with van der Waals surface area (Å²) >= 11 is 0. The molecule has 0 aliphatic rings. The van der Waals surface area contributed by atoms with Gasteiger partial charge in [-0.15, -0.1) is 0 Å². The van der Waals surface area contributed by atoms with Crippen LogP contribution in [0.5, 0.6) is 11.5 Å². The zero-order chi connectivity index (χ0) is 23.0. The Kier molecular flexibility index (Phi) is 8.94. The summed E-state index contributed by atoms with van der Waals surface area (Å²) in [5.74, 6) is 0.775. The zero-order valence-electron chi connectivity index (χ0n) is 19.0. The SMILES string of the molecule is CCCOc1ccc(NC(=O)c2cc(S(=O)(=O)N(CC)CC)cn2C)cc1OCCC. The fourth-order valence-electron chi connectivity index (χ4n) is 3.05. The van der Waals surface area contributed by atoms with Crippen LogP contribution in [0.15, 0.2) is 35.4 Å². The standard InChI is InChI=1S/C22H33N3O5S/c1-6-12-29-20-11-10-17(14-21(20)30-13-7-2)23-22(26)19-15-18(16-24(19)5)31(27,28)25(8-3)9-4/h10-11,14-16H,6-9,12-13H2,1-5H3,(H,23,26). The van der Waals surface area contributed by atoms with Crippen molar-refractivity contribution in [2.45, 2.75) is 45.4 Å². The molecule has 1 aromatic heterocycles. The van der Waals surface area contributed by atoms with E-state index in [0.29, 0.717) is 43.5 Å². The van der Waals surface area contributed by atoms with Crippen molar-refractivity contribution in [2.75, 3.05) is 31.6 Å². The first-order chi connectivity index (χ1) is 14.8. The van der Waals surface area contributed by atoms with E-state index in [0.717, 1.165) is 12.8 Å². The lowest BCUT2D eigenvalue weighted by Crippen LogP contribution is -2.30. The van der Waals surface area contributed by atoms with Gasteiger partial charge in [0.15, 0.2) is 11.5 Å². The maximum Gasteiger partial charge on any atom is 0.272 e. The third-order valence-electron chi connectivity index (χ3n) is 4.68. The molecule has 0 radical (unpaired) electrons. The van der Waals surface area contributed by atoms with Crippen LogP contribution in [0.2, 0.25) is 0 Å². The predicted molar refractivity (Wildman–Crippen MR) is 121 cm³/mol. The van der Waals surface area contributed by atoms with Gasteiger partial charge in [-0.2, -0.15) is 4.31 Å². The maximum absolute atomic E-state index is 12.9. The van der Waals surface area contributed by atoms with Crippen LogP contribution in [0.25, 0.3) is 0 Å². The lowest BCUT2D eigenvalue weighted by Gasteiger charge is -2.17. The molecule has 1 heterocycles. The van der Waals surface area contributed by atoms with Crippen molar-refractivity contribution >= 4 is 21.6 Å². The van der Waals surface area contributed by atoms with E-state index in [1.807, 2.05) is 13.8 Å². The van der Waals surface area contributed by atoms with E-state index in [-0.39, 0.29) is 10.6 Å². The normalized spacial score (nSPS) is 11.5. The van der Waals surface area contributed by atoms with Crippen molar-refractivity contribution < 1.29 is 22.7 Å². The van der Waals surface area contributed by atoms with Crippen LogP contribution in [-0.2, 0) is 17.1 Å². The molecule has 2 rings (SSSR count). The molecule has 0 bridgehead atoms. The number of hydrogen-bond acceptors (Lipinski definition) is 5. The van der Waals surface area contributed by atoms with Gasteiger partial charge in [0.25, 0.3) is 5.91 Å². The molecule has 0 fully saturated rings. The van der Waals surface area contributed by atoms with E-state index >= 15 is 0 Å². The van der Waals surface area contributed by atoms with Crippen LogP contribution in [0.3, 0.4) is 0 Å². The topological polar surface area (TPSA) is 89.9 Å². The van der Waals surface area contributed by atoms with Gasteiger partial charge in [0, 0.05) is 38.1 Å². The Morgan fingerprint density at radius 1 is 1.00 bits per heavy atom. The fraction of sp³-hybridized carbons (Fsp3) is 0.500.